The SMILES string of the molecule is CCNC(=O)C(=NOC)c1ccccc1COc1c(C)cccc1C. The zero-order chi connectivity index (χ0) is 18.2. The number of aryl methyl sites for hydroxylation is 2. The van der Waals surface area contributed by atoms with Crippen molar-refractivity contribution in [1.82, 2.24) is 5.32 Å². The van der Waals surface area contributed by atoms with E-state index in [-0.39, 0.29) is 11.6 Å². The van der Waals surface area contributed by atoms with E-state index in [1.165, 1.54) is 7.11 Å². The zero-order valence-electron chi connectivity index (χ0n) is 15.1. The van der Waals surface area contributed by atoms with Crippen LogP contribution in [0.1, 0.15) is 29.2 Å². The molecule has 1 amide bonds. The minimum Gasteiger partial charge on any atom is -0.488 e. The summed E-state index contributed by atoms with van der Waals surface area (Å²) < 4.78 is 6.03. The highest BCUT2D eigenvalue weighted by atomic mass is 16.6. The number of ether oxygens (including phenoxy) is 1. The van der Waals surface area contributed by atoms with Gasteiger partial charge in [-0.1, -0.05) is 47.6 Å². The first-order valence-electron chi connectivity index (χ1n) is 8.25. The van der Waals surface area contributed by atoms with Crippen molar-refractivity contribution < 1.29 is 14.4 Å². The van der Waals surface area contributed by atoms with Crippen LogP contribution >= 0.6 is 0 Å². The first kappa shape index (κ1) is 18.5. The molecule has 0 spiro atoms. The third-order valence-electron chi connectivity index (χ3n) is 3.79. The van der Waals surface area contributed by atoms with E-state index in [0.717, 1.165) is 22.4 Å². The summed E-state index contributed by atoms with van der Waals surface area (Å²) in [7, 11) is 1.43. The number of para-hydroxylation sites is 1. The number of carbonyl (C=O) groups is 1. The van der Waals surface area contributed by atoms with Gasteiger partial charge in [-0.05, 0) is 37.5 Å². The highest BCUT2D eigenvalue weighted by Gasteiger charge is 2.18. The van der Waals surface area contributed by atoms with E-state index in [4.69, 9.17) is 9.57 Å². The second-order valence-corrected chi connectivity index (χ2v) is 5.65. The van der Waals surface area contributed by atoms with Gasteiger partial charge in [0, 0.05) is 12.1 Å². The first-order chi connectivity index (χ1) is 12.1. The minimum atomic E-state index is -0.274. The largest absolute Gasteiger partial charge is 0.488 e. The fourth-order valence-corrected chi connectivity index (χ4v) is 2.60. The molecule has 25 heavy (non-hydrogen) atoms. The van der Waals surface area contributed by atoms with Gasteiger partial charge < -0.3 is 14.9 Å². The smallest absolute Gasteiger partial charge is 0.273 e. The molecule has 0 atom stereocenters. The quantitative estimate of drug-likeness (QED) is 0.621. The Bertz CT molecular complexity index is 749. The van der Waals surface area contributed by atoms with Crippen LogP contribution in [-0.2, 0) is 16.2 Å². The van der Waals surface area contributed by atoms with E-state index in [0.29, 0.717) is 18.7 Å². The number of likely N-dealkylation sites (N-methyl/N-ethyl adjacent to an activating group) is 1. The molecule has 2 aromatic carbocycles. The average molecular weight is 340 g/mol. The average Bonchev–Trinajstić information content (AvgIpc) is 2.60. The molecule has 0 aromatic heterocycles. The summed E-state index contributed by atoms with van der Waals surface area (Å²) in [5.74, 6) is 0.587. The number of hydrogen-bond donors (Lipinski definition) is 1. The Morgan fingerprint density at radius 2 is 1.76 bits per heavy atom. The standard InChI is InChI=1S/C20H24N2O3/c1-5-21-20(23)18(22-24-4)17-12-7-6-11-16(17)13-25-19-14(2)9-8-10-15(19)3/h6-12H,5,13H2,1-4H3,(H,21,23). The summed E-state index contributed by atoms with van der Waals surface area (Å²) in [5.41, 5.74) is 3.96. The van der Waals surface area contributed by atoms with Crippen molar-refractivity contribution >= 4 is 11.6 Å². The molecule has 0 aliphatic carbocycles. The van der Waals surface area contributed by atoms with Gasteiger partial charge in [0.15, 0.2) is 5.71 Å². The Balaban J connectivity index is 2.31. The van der Waals surface area contributed by atoms with Crippen LogP contribution in [0.15, 0.2) is 47.6 Å². The summed E-state index contributed by atoms with van der Waals surface area (Å²) in [6, 6.07) is 13.6. The number of amides is 1. The number of hydrogen-bond acceptors (Lipinski definition) is 4. The summed E-state index contributed by atoms with van der Waals surface area (Å²) in [6.07, 6.45) is 0. The van der Waals surface area contributed by atoms with Gasteiger partial charge >= 0.3 is 0 Å². The van der Waals surface area contributed by atoms with Crippen molar-refractivity contribution in [2.24, 2.45) is 5.16 Å². The summed E-state index contributed by atoms with van der Waals surface area (Å²) in [5, 5.41) is 6.67. The number of benzene rings is 2. The third kappa shape index (κ3) is 4.59. The van der Waals surface area contributed by atoms with Crippen molar-refractivity contribution in [2.75, 3.05) is 13.7 Å². The van der Waals surface area contributed by atoms with E-state index in [9.17, 15) is 4.79 Å². The molecule has 1 N–H and O–H groups in total. The maximum Gasteiger partial charge on any atom is 0.273 e. The van der Waals surface area contributed by atoms with Crippen LogP contribution < -0.4 is 10.1 Å². The molecular weight excluding hydrogens is 316 g/mol. The Kier molecular flexibility index (Phi) is 6.57. The minimum absolute atomic E-state index is 0.241. The lowest BCUT2D eigenvalue weighted by atomic mass is 10.0. The summed E-state index contributed by atoms with van der Waals surface area (Å²) in [6.45, 7) is 6.74. The van der Waals surface area contributed by atoms with E-state index in [1.807, 2.05) is 63.2 Å². The number of rotatable bonds is 7. The highest BCUT2D eigenvalue weighted by molar-refractivity contribution is 6.45. The molecular formula is C20H24N2O3. The molecule has 0 bridgehead atoms. The molecule has 0 radical (unpaired) electrons. The number of nitrogens with zero attached hydrogens (tertiary/aromatic N) is 1. The van der Waals surface area contributed by atoms with E-state index < -0.39 is 0 Å². The Morgan fingerprint density at radius 1 is 1.08 bits per heavy atom. The van der Waals surface area contributed by atoms with Gasteiger partial charge in [0.1, 0.15) is 19.5 Å². The molecule has 0 unspecified atom stereocenters. The maximum absolute atomic E-state index is 12.3. The Morgan fingerprint density at radius 3 is 2.40 bits per heavy atom. The molecule has 0 saturated carbocycles. The second-order valence-electron chi connectivity index (χ2n) is 5.65. The predicted octanol–water partition coefficient (Wildman–Crippen LogP) is 3.37. The zero-order valence-corrected chi connectivity index (χ0v) is 15.1. The summed E-state index contributed by atoms with van der Waals surface area (Å²) in [4.78, 5) is 17.2. The molecule has 132 valence electrons. The van der Waals surface area contributed by atoms with Gasteiger partial charge in [-0.3, -0.25) is 4.79 Å². The summed E-state index contributed by atoms with van der Waals surface area (Å²) >= 11 is 0. The van der Waals surface area contributed by atoms with Crippen LogP contribution in [0.5, 0.6) is 5.75 Å². The first-order valence-corrected chi connectivity index (χ1v) is 8.25. The van der Waals surface area contributed by atoms with Gasteiger partial charge in [0.05, 0.1) is 0 Å². The molecule has 0 aliphatic heterocycles. The van der Waals surface area contributed by atoms with Gasteiger partial charge in [0.2, 0.25) is 0 Å². The Hall–Kier alpha value is -2.82. The van der Waals surface area contributed by atoms with Crippen molar-refractivity contribution in [3.05, 3.63) is 64.7 Å². The van der Waals surface area contributed by atoms with Gasteiger partial charge in [-0.15, -0.1) is 0 Å². The molecule has 2 aromatic rings. The number of oxime groups is 1. The number of carbonyl (C=O) groups excluding carboxylic acids is 1. The van der Waals surface area contributed by atoms with Crippen LogP contribution in [0, 0.1) is 13.8 Å². The maximum atomic E-state index is 12.3. The van der Waals surface area contributed by atoms with Crippen molar-refractivity contribution in [2.45, 2.75) is 27.4 Å². The van der Waals surface area contributed by atoms with Crippen LogP contribution in [0.4, 0.5) is 0 Å². The molecule has 0 saturated heterocycles. The van der Waals surface area contributed by atoms with E-state index in [1.54, 1.807) is 0 Å². The second kappa shape index (κ2) is 8.87. The van der Waals surface area contributed by atoms with Crippen molar-refractivity contribution in [3.8, 4) is 5.75 Å². The number of nitrogens with one attached hydrogen (secondary N) is 1. The molecule has 0 fully saturated rings. The van der Waals surface area contributed by atoms with Gasteiger partial charge in [-0.2, -0.15) is 0 Å². The van der Waals surface area contributed by atoms with Crippen molar-refractivity contribution in [3.63, 3.8) is 0 Å². The lowest BCUT2D eigenvalue weighted by Crippen LogP contribution is -2.32. The molecule has 0 aliphatic rings. The predicted molar refractivity (Wildman–Crippen MR) is 98.9 cm³/mol. The molecule has 0 heterocycles. The van der Waals surface area contributed by atoms with Gasteiger partial charge in [0.25, 0.3) is 5.91 Å². The van der Waals surface area contributed by atoms with Crippen LogP contribution in [0.2, 0.25) is 0 Å². The van der Waals surface area contributed by atoms with Gasteiger partial charge in [-0.25, -0.2) is 0 Å². The lowest BCUT2D eigenvalue weighted by molar-refractivity contribution is -0.114. The van der Waals surface area contributed by atoms with Crippen LogP contribution in [-0.4, -0.2) is 25.3 Å². The third-order valence-corrected chi connectivity index (χ3v) is 3.79. The van der Waals surface area contributed by atoms with E-state index >= 15 is 0 Å². The Labute approximate surface area is 148 Å². The molecule has 5 nitrogen and oxygen atoms in total. The highest BCUT2D eigenvalue weighted by Crippen LogP contribution is 2.24. The fraction of sp³-hybridized carbons (Fsp3) is 0.300. The lowest BCUT2D eigenvalue weighted by Gasteiger charge is -2.15. The topological polar surface area (TPSA) is 59.9 Å². The fourth-order valence-electron chi connectivity index (χ4n) is 2.60. The van der Waals surface area contributed by atoms with Crippen molar-refractivity contribution in [1.29, 1.82) is 0 Å². The monoisotopic (exact) mass is 340 g/mol. The molecule has 5 heteroatoms. The van der Waals surface area contributed by atoms with Crippen LogP contribution in [0.3, 0.4) is 0 Å². The van der Waals surface area contributed by atoms with E-state index in [2.05, 4.69) is 10.5 Å². The van der Waals surface area contributed by atoms with Crippen LogP contribution in [0.25, 0.3) is 0 Å². The normalized spacial score (nSPS) is 11.1. The molecule has 2 rings (SSSR count).